The second-order valence-corrected chi connectivity index (χ2v) is 4.25. The summed E-state index contributed by atoms with van der Waals surface area (Å²) in [4.78, 5) is 12.7. The zero-order valence-electron chi connectivity index (χ0n) is 10.8. The van der Waals surface area contributed by atoms with Gasteiger partial charge in [0.05, 0.1) is 0 Å². The number of aromatic nitrogens is 4. The molecule has 0 amide bonds. The van der Waals surface area contributed by atoms with Crippen molar-refractivity contribution in [3.63, 3.8) is 0 Å². The van der Waals surface area contributed by atoms with Gasteiger partial charge in [0.25, 0.3) is 0 Å². The minimum atomic E-state index is 0.177. The molecule has 6 nitrogen and oxygen atoms in total. The average Bonchev–Trinajstić information content (AvgIpc) is 2.86. The summed E-state index contributed by atoms with van der Waals surface area (Å²) in [6.07, 6.45) is 3.47. The summed E-state index contributed by atoms with van der Waals surface area (Å²) in [5.41, 5.74) is 1.00. The summed E-state index contributed by atoms with van der Waals surface area (Å²) in [6.45, 7) is 7.77. The van der Waals surface area contributed by atoms with Crippen molar-refractivity contribution < 1.29 is 4.52 Å². The van der Waals surface area contributed by atoms with Crippen molar-refractivity contribution in [2.45, 2.75) is 26.7 Å². The molecule has 0 aliphatic rings. The molecule has 18 heavy (non-hydrogen) atoms. The lowest BCUT2D eigenvalue weighted by Crippen LogP contribution is -2.19. The standard InChI is InChI=1S/C12H17N5O/c1-4-13-7-9(3)12-16-11(17-18-12)10-14-5-8(2)6-15-10/h5-6,9,13H,4,7H2,1-3H3. The van der Waals surface area contributed by atoms with E-state index in [4.69, 9.17) is 4.52 Å². The highest BCUT2D eigenvalue weighted by Gasteiger charge is 2.16. The number of hydrogen-bond acceptors (Lipinski definition) is 6. The summed E-state index contributed by atoms with van der Waals surface area (Å²) in [5.74, 6) is 1.71. The van der Waals surface area contributed by atoms with Gasteiger partial charge in [0.15, 0.2) is 0 Å². The highest BCUT2D eigenvalue weighted by atomic mass is 16.5. The SMILES string of the molecule is CCNCC(C)c1nc(-c2ncc(C)cn2)no1. The van der Waals surface area contributed by atoms with Crippen molar-refractivity contribution in [2.75, 3.05) is 13.1 Å². The van der Waals surface area contributed by atoms with Gasteiger partial charge in [-0.15, -0.1) is 0 Å². The van der Waals surface area contributed by atoms with Gasteiger partial charge in [0.1, 0.15) is 0 Å². The van der Waals surface area contributed by atoms with Crippen molar-refractivity contribution >= 4 is 0 Å². The van der Waals surface area contributed by atoms with Crippen LogP contribution in [0.4, 0.5) is 0 Å². The van der Waals surface area contributed by atoms with Gasteiger partial charge in [-0.1, -0.05) is 19.0 Å². The number of hydrogen-bond donors (Lipinski definition) is 1. The first-order chi connectivity index (χ1) is 8.70. The largest absolute Gasteiger partial charge is 0.339 e. The maximum Gasteiger partial charge on any atom is 0.240 e. The number of nitrogens with zero attached hydrogens (tertiary/aromatic N) is 4. The maximum absolute atomic E-state index is 5.23. The Morgan fingerprint density at radius 2 is 2.00 bits per heavy atom. The van der Waals surface area contributed by atoms with E-state index < -0.39 is 0 Å². The smallest absolute Gasteiger partial charge is 0.240 e. The van der Waals surface area contributed by atoms with Crippen molar-refractivity contribution in [1.29, 1.82) is 0 Å². The van der Waals surface area contributed by atoms with Gasteiger partial charge in [-0.05, 0) is 19.0 Å². The van der Waals surface area contributed by atoms with Crippen LogP contribution >= 0.6 is 0 Å². The van der Waals surface area contributed by atoms with E-state index in [-0.39, 0.29) is 5.92 Å². The lowest BCUT2D eigenvalue weighted by atomic mass is 10.2. The van der Waals surface area contributed by atoms with Gasteiger partial charge < -0.3 is 9.84 Å². The number of aryl methyl sites for hydroxylation is 1. The first kappa shape index (κ1) is 12.6. The molecule has 0 radical (unpaired) electrons. The third-order valence-electron chi connectivity index (χ3n) is 2.54. The van der Waals surface area contributed by atoms with Crippen LogP contribution in [0, 0.1) is 6.92 Å². The molecule has 2 aromatic rings. The van der Waals surface area contributed by atoms with Gasteiger partial charge in [-0.25, -0.2) is 9.97 Å². The molecule has 6 heteroatoms. The number of nitrogens with one attached hydrogen (secondary N) is 1. The van der Waals surface area contributed by atoms with E-state index in [1.165, 1.54) is 0 Å². The Hall–Kier alpha value is -1.82. The molecule has 1 unspecified atom stereocenters. The average molecular weight is 247 g/mol. The first-order valence-corrected chi connectivity index (χ1v) is 6.04. The zero-order chi connectivity index (χ0) is 13.0. The number of rotatable bonds is 5. The summed E-state index contributed by atoms with van der Waals surface area (Å²) < 4.78 is 5.23. The normalized spacial score (nSPS) is 12.6. The van der Waals surface area contributed by atoms with Crippen molar-refractivity contribution in [3.8, 4) is 11.6 Å². The van der Waals surface area contributed by atoms with Crippen LogP contribution in [0.5, 0.6) is 0 Å². The van der Waals surface area contributed by atoms with E-state index >= 15 is 0 Å². The second-order valence-electron chi connectivity index (χ2n) is 4.25. The molecule has 1 N–H and O–H groups in total. The van der Waals surface area contributed by atoms with Crippen molar-refractivity contribution in [3.05, 3.63) is 23.8 Å². The van der Waals surface area contributed by atoms with Crippen LogP contribution in [0.15, 0.2) is 16.9 Å². The third kappa shape index (κ3) is 2.89. The molecule has 2 aromatic heterocycles. The minimum absolute atomic E-state index is 0.177. The van der Waals surface area contributed by atoms with E-state index in [1.54, 1.807) is 12.4 Å². The Labute approximate surface area is 106 Å². The molecule has 96 valence electrons. The Morgan fingerprint density at radius 3 is 2.67 bits per heavy atom. The molecule has 2 rings (SSSR count). The molecule has 0 saturated carbocycles. The van der Waals surface area contributed by atoms with E-state index in [1.807, 2.05) is 13.8 Å². The van der Waals surface area contributed by atoms with Gasteiger partial charge in [0, 0.05) is 24.9 Å². The fourth-order valence-corrected chi connectivity index (χ4v) is 1.48. The van der Waals surface area contributed by atoms with Crippen molar-refractivity contribution in [1.82, 2.24) is 25.4 Å². The van der Waals surface area contributed by atoms with Gasteiger partial charge in [-0.3, -0.25) is 0 Å². The molecule has 0 aliphatic heterocycles. The van der Waals surface area contributed by atoms with Crippen LogP contribution in [-0.4, -0.2) is 33.2 Å². The molecule has 0 fully saturated rings. The van der Waals surface area contributed by atoms with E-state index in [0.717, 1.165) is 18.7 Å². The highest BCUT2D eigenvalue weighted by molar-refractivity contribution is 5.41. The van der Waals surface area contributed by atoms with E-state index in [9.17, 15) is 0 Å². The molecule has 1 atom stereocenters. The molecular formula is C12H17N5O. The molecule has 2 heterocycles. The Kier molecular flexibility index (Phi) is 3.99. The predicted molar refractivity (Wildman–Crippen MR) is 67.0 cm³/mol. The summed E-state index contributed by atoms with van der Waals surface area (Å²) in [7, 11) is 0. The number of likely N-dealkylation sites (N-methyl/N-ethyl adjacent to an activating group) is 1. The lowest BCUT2D eigenvalue weighted by Gasteiger charge is -2.05. The Morgan fingerprint density at radius 1 is 1.28 bits per heavy atom. The monoisotopic (exact) mass is 247 g/mol. The van der Waals surface area contributed by atoms with Crippen LogP contribution < -0.4 is 5.32 Å². The van der Waals surface area contributed by atoms with Gasteiger partial charge >= 0.3 is 0 Å². The van der Waals surface area contributed by atoms with E-state index in [0.29, 0.717) is 17.5 Å². The van der Waals surface area contributed by atoms with Crippen LogP contribution in [0.3, 0.4) is 0 Å². The van der Waals surface area contributed by atoms with Crippen molar-refractivity contribution in [2.24, 2.45) is 0 Å². The Balaban J connectivity index is 2.12. The lowest BCUT2D eigenvalue weighted by molar-refractivity contribution is 0.355. The fraction of sp³-hybridized carbons (Fsp3) is 0.500. The zero-order valence-corrected chi connectivity index (χ0v) is 10.8. The summed E-state index contributed by atoms with van der Waals surface area (Å²) in [6, 6.07) is 0. The van der Waals surface area contributed by atoms with Gasteiger partial charge in [0.2, 0.25) is 17.5 Å². The van der Waals surface area contributed by atoms with Crippen LogP contribution in [0.25, 0.3) is 11.6 Å². The molecule has 0 saturated heterocycles. The summed E-state index contributed by atoms with van der Waals surface area (Å²) in [5, 5.41) is 7.15. The molecule has 0 aliphatic carbocycles. The molecular weight excluding hydrogens is 230 g/mol. The Bertz CT molecular complexity index is 493. The minimum Gasteiger partial charge on any atom is -0.339 e. The quantitative estimate of drug-likeness (QED) is 0.863. The first-order valence-electron chi connectivity index (χ1n) is 6.04. The third-order valence-corrected chi connectivity index (χ3v) is 2.54. The maximum atomic E-state index is 5.23. The second kappa shape index (κ2) is 5.68. The van der Waals surface area contributed by atoms with Crippen LogP contribution in [0.1, 0.15) is 31.2 Å². The van der Waals surface area contributed by atoms with E-state index in [2.05, 4.69) is 32.3 Å². The van der Waals surface area contributed by atoms with Crippen LogP contribution in [-0.2, 0) is 0 Å². The molecule has 0 spiro atoms. The molecule has 0 aromatic carbocycles. The fourth-order valence-electron chi connectivity index (χ4n) is 1.48. The highest BCUT2D eigenvalue weighted by Crippen LogP contribution is 2.16. The molecule has 0 bridgehead atoms. The topological polar surface area (TPSA) is 76.7 Å². The van der Waals surface area contributed by atoms with Gasteiger partial charge in [-0.2, -0.15) is 4.98 Å². The summed E-state index contributed by atoms with van der Waals surface area (Å²) >= 11 is 0. The van der Waals surface area contributed by atoms with Crippen LogP contribution in [0.2, 0.25) is 0 Å². The predicted octanol–water partition coefficient (Wildman–Crippen LogP) is 1.55.